The fourth-order valence-corrected chi connectivity index (χ4v) is 3.81. The first-order valence-electron chi connectivity index (χ1n) is 10.1. The van der Waals surface area contributed by atoms with E-state index in [0.29, 0.717) is 16.9 Å². The van der Waals surface area contributed by atoms with Crippen molar-refractivity contribution in [2.24, 2.45) is 0 Å². The molecule has 0 radical (unpaired) electrons. The number of nitrogens with one attached hydrogen (secondary N) is 1. The van der Waals surface area contributed by atoms with E-state index in [-0.39, 0.29) is 5.56 Å². The molecular formula is C23H21F2N5O. The zero-order valence-corrected chi connectivity index (χ0v) is 17.0. The third kappa shape index (κ3) is 3.70. The fourth-order valence-electron chi connectivity index (χ4n) is 3.81. The fraction of sp³-hybridized carbons (Fsp3) is 0.217. The van der Waals surface area contributed by atoms with Crippen LogP contribution in [0, 0.1) is 11.6 Å². The lowest BCUT2D eigenvalue weighted by Gasteiger charge is -2.33. The van der Waals surface area contributed by atoms with E-state index in [1.807, 2.05) is 24.4 Å². The Hall–Kier alpha value is -3.52. The molecule has 0 saturated carbocycles. The molecule has 3 aromatic heterocycles. The minimum absolute atomic E-state index is 0.109. The quantitative estimate of drug-likeness (QED) is 0.528. The highest BCUT2D eigenvalue weighted by Gasteiger charge is 2.20. The molecule has 0 bridgehead atoms. The van der Waals surface area contributed by atoms with E-state index < -0.39 is 11.6 Å². The summed E-state index contributed by atoms with van der Waals surface area (Å²) in [4.78, 5) is 12.4. The second-order valence-corrected chi connectivity index (χ2v) is 7.67. The van der Waals surface area contributed by atoms with Gasteiger partial charge >= 0.3 is 0 Å². The highest BCUT2D eigenvalue weighted by molar-refractivity contribution is 5.81. The summed E-state index contributed by atoms with van der Waals surface area (Å²) in [6.45, 7) is 3.96. The Morgan fingerprint density at radius 1 is 0.968 bits per heavy atom. The van der Waals surface area contributed by atoms with E-state index >= 15 is 0 Å². The van der Waals surface area contributed by atoms with Crippen LogP contribution in [0.1, 0.15) is 0 Å². The number of aromatic nitrogens is 3. The van der Waals surface area contributed by atoms with Crippen LogP contribution < -0.4 is 4.90 Å². The molecule has 0 spiro atoms. The van der Waals surface area contributed by atoms with E-state index in [4.69, 9.17) is 4.52 Å². The zero-order chi connectivity index (χ0) is 21.4. The summed E-state index contributed by atoms with van der Waals surface area (Å²) < 4.78 is 33.3. The molecule has 1 aliphatic heterocycles. The van der Waals surface area contributed by atoms with Gasteiger partial charge in [0, 0.05) is 61.0 Å². The van der Waals surface area contributed by atoms with Crippen LogP contribution in [0.5, 0.6) is 0 Å². The molecular weight excluding hydrogens is 400 g/mol. The highest BCUT2D eigenvalue weighted by Crippen LogP contribution is 2.35. The van der Waals surface area contributed by atoms with Crippen LogP contribution in [-0.2, 0) is 0 Å². The lowest BCUT2D eigenvalue weighted by atomic mass is 10.0. The minimum atomic E-state index is -0.925. The molecule has 0 atom stereocenters. The summed E-state index contributed by atoms with van der Waals surface area (Å²) in [6.07, 6.45) is 4.98. The van der Waals surface area contributed by atoms with Gasteiger partial charge in [0.25, 0.3) is 0 Å². The molecule has 1 fully saturated rings. The number of piperazine rings is 1. The summed E-state index contributed by atoms with van der Waals surface area (Å²) in [5.74, 6) is -0.505. The molecule has 1 aromatic carbocycles. The minimum Gasteiger partial charge on any atom is -0.360 e. The van der Waals surface area contributed by atoms with Gasteiger partial charge in [0.2, 0.25) is 0 Å². The number of benzene rings is 1. The van der Waals surface area contributed by atoms with Gasteiger partial charge in [-0.05, 0) is 31.3 Å². The Kier molecular flexibility index (Phi) is 4.99. The maximum absolute atomic E-state index is 14.3. The first-order valence-corrected chi connectivity index (χ1v) is 10.1. The number of aromatic amines is 1. The number of hydrogen-bond donors (Lipinski definition) is 1. The van der Waals surface area contributed by atoms with Gasteiger partial charge in [-0.15, -0.1) is 0 Å². The second kappa shape index (κ2) is 7.96. The van der Waals surface area contributed by atoms with Crippen molar-refractivity contribution in [1.29, 1.82) is 0 Å². The van der Waals surface area contributed by atoms with Gasteiger partial charge in [-0.1, -0.05) is 17.3 Å². The molecule has 1 saturated heterocycles. The normalized spacial score (nSPS) is 14.9. The van der Waals surface area contributed by atoms with Gasteiger partial charge in [-0.3, -0.25) is 0 Å². The number of pyridine rings is 1. The molecule has 8 heteroatoms. The van der Waals surface area contributed by atoms with E-state index in [0.717, 1.165) is 49.3 Å². The van der Waals surface area contributed by atoms with E-state index in [9.17, 15) is 8.78 Å². The number of likely N-dealkylation sites (N-methyl/N-ethyl adjacent to an activating group) is 1. The SMILES string of the molecule is CN1CCN(c2ccc(-c3cc(-c4oncc4-c4cccc(F)c4F)c[nH]3)cn2)CC1. The van der Waals surface area contributed by atoms with E-state index in [1.165, 1.54) is 18.3 Å². The van der Waals surface area contributed by atoms with Gasteiger partial charge in [-0.2, -0.15) is 0 Å². The number of anilines is 1. The third-order valence-electron chi connectivity index (χ3n) is 5.64. The smallest absolute Gasteiger partial charge is 0.176 e. The number of rotatable bonds is 4. The van der Waals surface area contributed by atoms with Crippen LogP contribution in [0.25, 0.3) is 33.7 Å². The molecule has 1 aliphatic rings. The average Bonchev–Trinajstić information content (AvgIpc) is 3.46. The van der Waals surface area contributed by atoms with E-state index in [2.05, 4.69) is 32.0 Å². The van der Waals surface area contributed by atoms with Crippen molar-refractivity contribution in [3.63, 3.8) is 0 Å². The Bertz CT molecular complexity index is 1190. The second-order valence-electron chi connectivity index (χ2n) is 7.67. The average molecular weight is 421 g/mol. The summed E-state index contributed by atoms with van der Waals surface area (Å²) in [5.41, 5.74) is 2.95. The molecule has 1 N–H and O–H groups in total. The van der Waals surface area contributed by atoms with Crippen LogP contribution >= 0.6 is 0 Å². The maximum atomic E-state index is 14.3. The van der Waals surface area contributed by atoms with E-state index in [1.54, 1.807) is 6.20 Å². The van der Waals surface area contributed by atoms with Crippen molar-refractivity contribution < 1.29 is 13.3 Å². The molecule has 0 amide bonds. The van der Waals surface area contributed by atoms with Crippen LogP contribution in [-0.4, -0.2) is 53.3 Å². The lowest BCUT2D eigenvalue weighted by molar-refractivity contribution is 0.312. The lowest BCUT2D eigenvalue weighted by Crippen LogP contribution is -2.44. The molecule has 4 aromatic rings. The van der Waals surface area contributed by atoms with Crippen LogP contribution in [0.3, 0.4) is 0 Å². The molecule has 31 heavy (non-hydrogen) atoms. The molecule has 4 heterocycles. The van der Waals surface area contributed by atoms with Gasteiger partial charge in [0.15, 0.2) is 17.4 Å². The van der Waals surface area contributed by atoms with Crippen molar-refractivity contribution >= 4 is 5.82 Å². The Labute approximate surface area is 178 Å². The van der Waals surface area contributed by atoms with Crippen LogP contribution in [0.2, 0.25) is 0 Å². The molecule has 158 valence electrons. The van der Waals surface area contributed by atoms with Crippen molar-refractivity contribution in [1.82, 2.24) is 20.0 Å². The van der Waals surface area contributed by atoms with Gasteiger partial charge < -0.3 is 19.3 Å². The van der Waals surface area contributed by atoms with Crippen molar-refractivity contribution in [3.05, 3.63) is 66.6 Å². The van der Waals surface area contributed by atoms with Gasteiger partial charge in [0.05, 0.1) is 11.8 Å². The number of nitrogens with zero attached hydrogens (tertiary/aromatic N) is 4. The first-order chi connectivity index (χ1) is 15.1. The third-order valence-corrected chi connectivity index (χ3v) is 5.64. The molecule has 0 aliphatic carbocycles. The monoisotopic (exact) mass is 421 g/mol. The Morgan fingerprint density at radius 2 is 1.81 bits per heavy atom. The Morgan fingerprint density at radius 3 is 2.58 bits per heavy atom. The molecule has 6 nitrogen and oxygen atoms in total. The summed E-state index contributed by atoms with van der Waals surface area (Å²) in [7, 11) is 2.12. The number of hydrogen-bond acceptors (Lipinski definition) is 5. The largest absolute Gasteiger partial charge is 0.360 e. The molecule has 0 unspecified atom stereocenters. The van der Waals surface area contributed by atoms with Gasteiger partial charge in [-0.25, -0.2) is 13.8 Å². The van der Waals surface area contributed by atoms with Crippen molar-refractivity contribution in [2.75, 3.05) is 38.1 Å². The van der Waals surface area contributed by atoms with Gasteiger partial charge in [0.1, 0.15) is 5.82 Å². The first kappa shape index (κ1) is 19.4. The predicted molar refractivity (Wildman–Crippen MR) is 115 cm³/mol. The topological polar surface area (TPSA) is 61.2 Å². The molecule has 5 rings (SSSR count). The van der Waals surface area contributed by atoms with Crippen molar-refractivity contribution in [2.45, 2.75) is 0 Å². The zero-order valence-electron chi connectivity index (χ0n) is 17.0. The van der Waals surface area contributed by atoms with Crippen molar-refractivity contribution in [3.8, 4) is 33.7 Å². The number of H-pyrrole nitrogens is 1. The van der Waals surface area contributed by atoms with Crippen LogP contribution in [0.15, 0.2) is 59.5 Å². The highest BCUT2D eigenvalue weighted by atomic mass is 19.2. The predicted octanol–water partition coefficient (Wildman–Crippen LogP) is 4.43. The standard InChI is InChI=1S/C23H21F2N5O/c1-29-7-9-30(10-8-29)21-6-5-15(12-27-21)20-11-16(13-26-20)23-18(14-28-31-23)17-3-2-4-19(24)22(17)25/h2-6,11-14,26H,7-10H2,1H3. The maximum Gasteiger partial charge on any atom is 0.176 e. The Balaban J connectivity index is 1.40. The van der Waals surface area contributed by atoms with Crippen LogP contribution in [0.4, 0.5) is 14.6 Å². The summed E-state index contributed by atoms with van der Waals surface area (Å²) >= 11 is 0. The summed E-state index contributed by atoms with van der Waals surface area (Å²) in [5, 5.41) is 3.80. The summed E-state index contributed by atoms with van der Waals surface area (Å²) in [6, 6.07) is 9.96. The number of halogens is 2.